The van der Waals surface area contributed by atoms with E-state index in [1.807, 2.05) is 0 Å². The van der Waals surface area contributed by atoms with E-state index in [9.17, 15) is 4.79 Å². The number of carboxylic acids is 1. The second kappa shape index (κ2) is 5.09. The predicted octanol–water partition coefficient (Wildman–Crippen LogP) is 0.431. The van der Waals surface area contributed by atoms with Gasteiger partial charge in [0.2, 0.25) is 5.39 Å². The number of carbonyl (C=O) groups is 1. The highest BCUT2D eigenvalue weighted by atomic mass is 16.4. The van der Waals surface area contributed by atoms with E-state index in [0.717, 1.165) is 6.20 Å². The van der Waals surface area contributed by atoms with Gasteiger partial charge in [0.15, 0.2) is 10.7 Å². The Morgan fingerprint density at radius 3 is 2.67 bits per heavy atom. The van der Waals surface area contributed by atoms with Crippen molar-refractivity contribution >= 4 is 5.97 Å². The average Bonchev–Trinajstić information content (AvgIpc) is 2.00. The number of rotatable bonds is 4. The molecule has 0 bridgehead atoms. The van der Waals surface area contributed by atoms with Gasteiger partial charge in [0.05, 0.1) is 0 Å². The number of nitrogens with two attached hydrogens (primary N) is 1. The van der Waals surface area contributed by atoms with Crippen molar-refractivity contribution in [2.45, 2.75) is 18.9 Å². The van der Waals surface area contributed by atoms with E-state index in [0.29, 0.717) is 0 Å². The summed E-state index contributed by atoms with van der Waals surface area (Å²) in [6.45, 7) is 0. The second-order valence-electron chi connectivity index (χ2n) is 2.22. The van der Waals surface area contributed by atoms with Gasteiger partial charge in [-0.15, -0.1) is 0 Å². The smallest absolute Gasteiger partial charge is 0.387 e. The third-order valence-corrected chi connectivity index (χ3v) is 1.24. The Bertz CT molecular complexity index is 231. The van der Waals surface area contributed by atoms with Crippen LogP contribution in [0, 0.1) is 5.39 Å². The Morgan fingerprint density at radius 1 is 1.67 bits per heavy atom. The van der Waals surface area contributed by atoms with Crippen molar-refractivity contribution < 1.29 is 15.0 Å². The van der Waals surface area contributed by atoms with E-state index < -0.39 is 12.0 Å². The molecule has 0 aromatic heterocycles. The summed E-state index contributed by atoms with van der Waals surface area (Å²) in [7, 11) is 0. The maximum Gasteiger partial charge on any atom is 0.387 e. The van der Waals surface area contributed by atoms with Crippen molar-refractivity contribution in [2.24, 2.45) is 5.73 Å². The van der Waals surface area contributed by atoms with Gasteiger partial charge < -0.3 is 15.9 Å². The molecule has 0 fully saturated rings. The van der Waals surface area contributed by atoms with Gasteiger partial charge in [0.25, 0.3) is 0 Å². The van der Waals surface area contributed by atoms with Gasteiger partial charge in [-0.1, -0.05) is 0 Å². The van der Waals surface area contributed by atoms with Gasteiger partial charge in [-0.2, -0.15) is 0 Å². The zero-order valence-corrected chi connectivity index (χ0v) is 6.34. The number of aliphatic hydroxyl groups excluding tert-OH is 1. The van der Waals surface area contributed by atoms with Crippen LogP contribution in [0.4, 0.5) is 0 Å². The molecule has 0 radical (unpaired) electrons. The molecule has 6 heteroatoms. The van der Waals surface area contributed by atoms with Crippen molar-refractivity contribution in [3.8, 4) is 0 Å². The monoisotopic (exact) mass is 172 g/mol. The topological polar surface area (TPSA) is 112 Å². The number of allylic oxidation sites excluding steroid dienone is 1. The Morgan fingerprint density at radius 2 is 2.25 bits per heavy atom. The summed E-state index contributed by atoms with van der Waals surface area (Å²) in [6.07, 6.45) is 1.01. The van der Waals surface area contributed by atoms with Crippen molar-refractivity contribution in [1.29, 1.82) is 5.39 Å². The minimum absolute atomic E-state index is 0.0809. The summed E-state index contributed by atoms with van der Waals surface area (Å²) < 4.78 is 0. The summed E-state index contributed by atoms with van der Waals surface area (Å²) >= 11 is 0. The summed E-state index contributed by atoms with van der Waals surface area (Å²) in [5, 5.41) is 25.1. The molecule has 6 nitrogen and oxygen atoms in total. The number of hydrogen-bond donors (Lipinski definition) is 3. The van der Waals surface area contributed by atoms with Gasteiger partial charge in [0, 0.05) is 6.42 Å². The minimum atomic E-state index is -1.12. The van der Waals surface area contributed by atoms with E-state index in [1.54, 1.807) is 0 Å². The first-order chi connectivity index (χ1) is 5.57. The highest BCUT2D eigenvalue weighted by Crippen LogP contribution is 2.03. The van der Waals surface area contributed by atoms with E-state index in [-0.39, 0.29) is 18.6 Å². The lowest BCUT2D eigenvalue weighted by molar-refractivity contribution is -0.138. The SMILES string of the molecule is N#[N+]C=C(O)CCC(N)C(=O)O. The molecule has 0 saturated carbocycles. The zero-order chi connectivity index (χ0) is 9.56. The van der Waals surface area contributed by atoms with E-state index >= 15 is 0 Å². The quantitative estimate of drug-likeness (QED) is 0.420. The Hall–Kier alpha value is -1.61. The van der Waals surface area contributed by atoms with Crippen LogP contribution in [0.3, 0.4) is 0 Å². The molecular weight excluding hydrogens is 162 g/mol. The molecule has 0 aliphatic heterocycles. The molecule has 0 spiro atoms. The molecule has 0 aromatic rings. The summed E-state index contributed by atoms with van der Waals surface area (Å²) in [5.41, 5.74) is 5.13. The fraction of sp³-hybridized carbons (Fsp3) is 0.500. The van der Waals surface area contributed by atoms with E-state index in [4.69, 9.17) is 21.3 Å². The Kier molecular flexibility index (Phi) is 4.41. The standard InChI is InChI=1S/C6H9N3O3/c7-5(6(11)12)2-1-4(10)3-9-8/h3,5H,1-2,7H2,(H-,10,11,12)/p+1. The fourth-order valence-electron chi connectivity index (χ4n) is 0.558. The number of carboxylic acid groups (broad SMARTS) is 1. The molecule has 0 aliphatic rings. The van der Waals surface area contributed by atoms with Crippen LogP contribution < -0.4 is 5.73 Å². The maximum atomic E-state index is 10.2. The van der Waals surface area contributed by atoms with Gasteiger partial charge in [-0.25, -0.2) is 0 Å². The number of hydrogen-bond acceptors (Lipinski definition) is 4. The summed E-state index contributed by atoms with van der Waals surface area (Å²) in [6, 6.07) is -1.00. The molecule has 0 aromatic carbocycles. The lowest BCUT2D eigenvalue weighted by Gasteiger charge is -2.02. The van der Waals surface area contributed by atoms with Gasteiger partial charge in [0.1, 0.15) is 6.04 Å². The van der Waals surface area contributed by atoms with E-state index in [1.165, 1.54) is 0 Å². The number of aliphatic hydroxyl groups is 1. The third-order valence-electron chi connectivity index (χ3n) is 1.24. The van der Waals surface area contributed by atoms with Crippen LogP contribution in [0.1, 0.15) is 12.8 Å². The minimum Gasteiger partial charge on any atom is -0.505 e. The first-order valence-corrected chi connectivity index (χ1v) is 3.28. The average molecular weight is 172 g/mol. The van der Waals surface area contributed by atoms with E-state index in [2.05, 4.69) is 4.98 Å². The lowest BCUT2D eigenvalue weighted by Crippen LogP contribution is -2.29. The third kappa shape index (κ3) is 4.24. The van der Waals surface area contributed by atoms with Crippen LogP contribution in [0.15, 0.2) is 12.0 Å². The zero-order valence-electron chi connectivity index (χ0n) is 6.34. The predicted molar refractivity (Wildman–Crippen MR) is 40.6 cm³/mol. The van der Waals surface area contributed by atoms with Gasteiger partial charge >= 0.3 is 12.2 Å². The normalized spacial score (nSPS) is 13.5. The summed E-state index contributed by atoms with van der Waals surface area (Å²) in [5.74, 6) is -1.32. The van der Waals surface area contributed by atoms with Crippen molar-refractivity contribution in [3.63, 3.8) is 0 Å². The largest absolute Gasteiger partial charge is 0.505 e. The fourth-order valence-corrected chi connectivity index (χ4v) is 0.558. The van der Waals surface area contributed by atoms with Crippen LogP contribution in [0.5, 0.6) is 0 Å². The molecule has 0 saturated heterocycles. The first-order valence-electron chi connectivity index (χ1n) is 3.28. The van der Waals surface area contributed by atoms with Crippen LogP contribution in [0.2, 0.25) is 0 Å². The van der Waals surface area contributed by atoms with Gasteiger partial charge in [-0.3, -0.25) is 4.79 Å². The molecule has 0 aliphatic carbocycles. The van der Waals surface area contributed by atoms with Crippen molar-refractivity contribution in [3.05, 3.63) is 16.9 Å². The molecule has 12 heavy (non-hydrogen) atoms. The van der Waals surface area contributed by atoms with Crippen LogP contribution >= 0.6 is 0 Å². The van der Waals surface area contributed by atoms with Crippen LogP contribution in [-0.2, 0) is 4.79 Å². The van der Waals surface area contributed by atoms with Gasteiger partial charge in [-0.05, 0) is 6.42 Å². The summed E-state index contributed by atoms with van der Waals surface area (Å²) in [4.78, 5) is 12.7. The number of aliphatic carboxylic acids is 1. The molecular formula is C6H10N3O3+. The van der Waals surface area contributed by atoms with Crippen LogP contribution in [0.25, 0.3) is 4.98 Å². The lowest BCUT2D eigenvalue weighted by atomic mass is 10.1. The van der Waals surface area contributed by atoms with Crippen molar-refractivity contribution in [2.75, 3.05) is 0 Å². The second-order valence-corrected chi connectivity index (χ2v) is 2.22. The molecule has 1 atom stereocenters. The highest BCUT2D eigenvalue weighted by Gasteiger charge is 2.12. The Balaban J connectivity index is 3.78. The molecule has 0 rings (SSSR count). The molecule has 0 heterocycles. The number of nitrogens with zero attached hydrogens (tertiary/aromatic N) is 2. The highest BCUT2D eigenvalue weighted by molar-refractivity contribution is 5.72. The molecule has 0 amide bonds. The van der Waals surface area contributed by atoms with Crippen LogP contribution in [-0.4, -0.2) is 22.2 Å². The maximum absolute atomic E-state index is 10.2. The molecule has 1 unspecified atom stereocenters. The number of diazo groups is 1. The first kappa shape index (κ1) is 10.4. The molecule has 66 valence electrons. The van der Waals surface area contributed by atoms with Crippen molar-refractivity contribution in [1.82, 2.24) is 0 Å². The Labute approximate surface area is 68.9 Å². The molecule has 4 N–H and O–H groups in total.